The third kappa shape index (κ3) is 3.34. The number of hydrogen-bond donors (Lipinski definition) is 1. The van der Waals surface area contributed by atoms with Crippen LogP contribution in [0, 0.1) is 0 Å². The standard InChI is InChI=1S/C16H22N2O3S/c19-15-7-11-18(12-8-15)22(20,21)16-5-3-14(4-6-16)13-17-9-1-2-10-17/h1,3-6,9,15,19H,2,7-8,10-13H2. The molecule has 1 aromatic carbocycles. The van der Waals surface area contributed by atoms with Crippen molar-refractivity contribution in [1.29, 1.82) is 0 Å². The zero-order chi connectivity index (χ0) is 15.6. The van der Waals surface area contributed by atoms with Gasteiger partial charge in [-0.25, -0.2) is 8.42 Å². The van der Waals surface area contributed by atoms with Crippen molar-refractivity contribution in [2.24, 2.45) is 0 Å². The Morgan fingerprint density at radius 1 is 1.09 bits per heavy atom. The van der Waals surface area contributed by atoms with Crippen molar-refractivity contribution in [3.05, 3.63) is 42.1 Å². The molecule has 2 aliphatic heterocycles. The van der Waals surface area contributed by atoms with E-state index < -0.39 is 10.0 Å². The Morgan fingerprint density at radius 3 is 2.36 bits per heavy atom. The topological polar surface area (TPSA) is 60.9 Å². The van der Waals surface area contributed by atoms with Gasteiger partial charge in [-0.1, -0.05) is 18.2 Å². The van der Waals surface area contributed by atoms with Gasteiger partial charge in [0.1, 0.15) is 0 Å². The van der Waals surface area contributed by atoms with E-state index in [4.69, 9.17) is 0 Å². The second-order valence-electron chi connectivity index (χ2n) is 5.92. The van der Waals surface area contributed by atoms with Gasteiger partial charge in [-0.2, -0.15) is 4.31 Å². The molecule has 3 rings (SSSR count). The second kappa shape index (κ2) is 6.40. The third-order valence-electron chi connectivity index (χ3n) is 4.27. The summed E-state index contributed by atoms with van der Waals surface area (Å²) < 4.78 is 26.6. The molecule has 0 aliphatic carbocycles. The highest BCUT2D eigenvalue weighted by molar-refractivity contribution is 7.89. The summed E-state index contributed by atoms with van der Waals surface area (Å²) in [6.07, 6.45) is 5.96. The second-order valence-corrected chi connectivity index (χ2v) is 7.86. The Hall–Kier alpha value is -1.37. The van der Waals surface area contributed by atoms with Crippen LogP contribution in [0.15, 0.2) is 41.4 Å². The molecule has 5 nitrogen and oxygen atoms in total. The average molecular weight is 322 g/mol. The van der Waals surface area contributed by atoms with Crippen LogP contribution in [0.4, 0.5) is 0 Å². The van der Waals surface area contributed by atoms with Gasteiger partial charge in [-0.3, -0.25) is 0 Å². The van der Waals surface area contributed by atoms with Gasteiger partial charge in [0.15, 0.2) is 0 Å². The first kappa shape index (κ1) is 15.5. The number of piperidine rings is 1. The number of nitrogens with zero attached hydrogens (tertiary/aromatic N) is 2. The lowest BCUT2D eigenvalue weighted by atomic mass is 10.1. The zero-order valence-electron chi connectivity index (χ0n) is 12.6. The predicted octanol–water partition coefficient (Wildman–Crippen LogP) is 1.55. The smallest absolute Gasteiger partial charge is 0.243 e. The lowest BCUT2D eigenvalue weighted by Crippen LogP contribution is -2.39. The Kier molecular flexibility index (Phi) is 4.52. The van der Waals surface area contributed by atoms with Gasteiger partial charge in [-0.15, -0.1) is 0 Å². The number of hydrogen-bond acceptors (Lipinski definition) is 4. The van der Waals surface area contributed by atoms with E-state index in [9.17, 15) is 13.5 Å². The van der Waals surface area contributed by atoms with Gasteiger partial charge in [0, 0.05) is 26.2 Å². The van der Waals surface area contributed by atoms with E-state index in [1.54, 1.807) is 12.1 Å². The van der Waals surface area contributed by atoms with Gasteiger partial charge < -0.3 is 10.0 Å². The maximum Gasteiger partial charge on any atom is 0.243 e. The summed E-state index contributed by atoms with van der Waals surface area (Å²) in [5, 5.41) is 9.50. The van der Waals surface area contributed by atoms with E-state index in [1.807, 2.05) is 12.1 Å². The van der Waals surface area contributed by atoms with Crippen molar-refractivity contribution in [1.82, 2.24) is 9.21 Å². The monoisotopic (exact) mass is 322 g/mol. The summed E-state index contributed by atoms with van der Waals surface area (Å²) >= 11 is 0. The zero-order valence-corrected chi connectivity index (χ0v) is 13.4. The quantitative estimate of drug-likeness (QED) is 0.914. The van der Waals surface area contributed by atoms with Crippen molar-refractivity contribution in [2.75, 3.05) is 19.6 Å². The molecule has 0 amide bonds. The summed E-state index contributed by atoms with van der Waals surface area (Å²) in [5.74, 6) is 0. The summed E-state index contributed by atoms with van der Waals surface area (Å²) in [4.78, 5) is 2.56. The maximum atomic E-state index is 12.6. The molecule has 0 atom stereocenters. The van der Waals surface area contributed by atoms with E-state index in [0.717, 1.165) is 25.1 Å². The third-order valence-corrected chi connectivity index (χ3v) is 6.18. The molecule has 0 unspecified atom stereocenters. The van der Waals surface area contributed by atoms with E-state index in [0.29, 0.717) is 30.8 Å². The fourth-order valence-corrected chi connectivity index (χ4v) is 4.37. The molecule has 0 saturated carbocycles. The van der Waals surface area contributed by atoms with E-state index in [2.05, 4.69) is 17.2 Å². The van der Waals surface area contributed by atoms with Gasteiger partial charge in [0.2, 0.25) is 10.0 Å². The van der Waals surface area contributed by atoms with Crippen LogP contribution >= 0.6 is 0 Å². The molecule has 2 heterocycles. The van der Waals surface area contributed by atoms with E-state index >= 15 is 0 Å². The first-order valence-electron chi connectivity index (χ1n) is 7.73. The molecule has 0 aromatic heterocycles. The summed E-state index contributed by atoms with van der Waals surface area (Å²) in [6.45, 7) is 2.62. The number of aliphatic hydroxyl groups is 1. The van der Waals surface area contributed by atoms with Gasteiger partial charge in [0.05, 0.1) is 11.0 Å². The highest BCUT2D eigenvalue weighted by Crippen LogP contribution is 2.21. The maximum absolute atomic E-state index is 12.6. The van der Waals surface area contributed by atoms with Crippen LogP contribution in [0.2, 0.25) is 0 Å². The van der Waals surface area contributed by atoms with Crippen LogP contribution in [0.5, 0.6) is 0 Å². The summed E-state index contributed by atoms with van der Waals surface area (Å²) in [5.41, 5.74) is 1.11. The van der Waals surface area contributed by atoms with Gasteiger partial charge in [0.25, 0.3) is 0 Å². The fraction of sp³-hybridized carbons (Fsp3) is 0.500. The molecular formula is C16H22N2O3S. The average Bonchev–Trinajstić information content (AvgIpc) is 3.01. The molecule has 2 aliphatic rings. The number of sulfonamides is 1. The fourth-order valence-electron chi connectivity index (χ4n) is 2.90. The van der Waals surface area contributed by atoms with Crippen LogP contribution < -0.4 is 0 Å². The van der Waals surface area contributed by atoms with E-state index in [-0.39, 0.29) is 6.10 Å². The molecule has 6 heteroatoms. The molecule has 0 bridgehead atoms. The van der Waals surface area contributed by atoms with Crippen molar-refractivity contribution in [3.8, 4) is 0 Å². The molecule has 22 heavy (non-hydrogen) atoms. The summed E-state index contributed by atoms with van der Waals surface area (Å²) in [6, 6.07) is 7.15. The van der Waals surface area contributed by atoms with Crippen molar-refractivity contribution in [2.45, 2.75) is 36.8 Å². The Labute approximate surface area is 131 Å². The summed E-state index contributed by atoms with van der Waals surface area (Å²) in [7, 11) is -3.43. The predicted molar refractivity (Wildman–Crippen MR) is 84.6 cm³/mol. The lowest BCUT2D eigenvalue weighted by Gasteiger charge is -2.28. The van der Waals surface area contributed by atoms with Crippen LogP contribution in [0.1, 0.15) is 24.8 Å². The minimum Gasteiger partial charge on any atom is -0.393 e. The van der Waals surface area contributed by atoms with E-state index in [1.165, 1.54) is 4.31 Å². The number of benzene rings is 1. The lowest BCUT2D eigenvalue weighted by molar-refractivity contribution is 0.113. The molecule has 0 spiro atoms. The van der Waals surface area contributed by atoms with Gasteiger partial charge >= 0.3 is 0 Å². The van der Waals surface area contributed by atoms with Crippen molar-refractivity contribution >= 4 is 10.0 Å². The first-order chi connectivity index (χ1) is 10.6. The van der Waals surface area contributed by atoms with Crippen LogP contribution in [0.3, 0.4) is 0 Å². The Balaban J connectivity index is 1.69. The van der Waals surface area contributed by atoms with Crippen LogP contribution in [-0.2, 0) is 16.6 Å². The molecule has 1 N–H and O–H groups in total. The highest BCUT2D eigenvalue weighted by Gasteiger charge is 2.28. The molecule has 1 saturated heterocycles. The highest BCUT2D eigenvalue weighted by atomic mass is 32.2. The normalized spacial score (nSPS) is 20.7. The number of rotatable bonds is 4. The minimum atomic E-state index is -3.43. The van der Waals surface area contributed by atoms with Crippen LogP contribution in [0.25, 0.3) is 0 Å². The minimum absolute atomic E-state index is 0.338. The SMILES string of the molecule is O=S(=O)(c1ccc(CN2C=CCC2)cc1)N1CCC(O)CC1. The molecule has 0 radical (unpaired) electrons. The van der Waals surface area contributed by atoms with Crippen molar-refractivity contribution in [3.63, 3.8) is 0 Å². The molecule has 120 valence electrons. The van der Waals surface area contributed by atoms with Crippen molar-refractivity contribution < 1.29 is 13.5 Å². The molecular weight excluding hydrogens is 300 g/mol. The van der Waals surface area contributed by atoms with Crippen LogP contribution in [-0.4, -0.2) is 48.5 Å². The van der Waals surface area contributed by atoms with Gasteiger partial charge in [-0.05, 0) is 43.2 Å². The largest absolute Gasteiger partial charge is 0.393 e. The number of aliphatic hydroxyl groups excluding tert-OH is 1. The first-order valence-corrected chi connectivity index (χ1v) is 9.17. The molecule has 1 aromatic rings. The Morgan fingerprint density at radius 2 is 1.77 bits per heavy atom. The Bertz CT molecular complexity index is 632. The molecule has 1 fully saturated rings.